The number of hydrogen-bond donors (Lipinski definition) is 1. The van der Waals surface area contributed by atoms with Crippen molar-refractivity contribution in [2.45, 2.75) is 13.8 Å². The van der Waals surface area contributed by atoms with Gasteiger partial charge in [0.15, 0.2) is 0 Å². The Labute approximate surface area is 80.6 Å². The molecule has 0 spiro atoms. The molecule has 0 unspecified atom stereocenters. The van der Waals surface area contributed by atoms with Gasteiger partial charge in [0, 0.05) is 5.56 Å². The van der Waals surface area contributed by atoms with Crippen LogP contribution in [-0.4, -0.2) is 5.11 Å². The highest BCUT2D eigenvalue weighted by atomic mass is 16.4. The molecule has 1 aromatic carbocycles. The third kappa shape index (κ3) is 1.09. The number of rotatable bonds is 0. The van der Waals surface area contributed by atoms with Crippen LogP contribution < -0.4 is 5.63 Å². The van der Waals surface area contributed by atoms with Crippen molar-refractivity contribution in [2.24, 2.45) is 0 Å². The van der Waals surface area contributed by atoms with Crippen LogP contribution in [0.2, 0.25) is 0 Å². The molecule has 0 aliphatic carbocycles. The smallest absolute Gasteiger partial charge is 0.339 e. The van der Waals surface area contributed by atoms with Gasteiger partial charge in [-0.1, -0.05) is 6.07 Å². The standard InChI is InChI=1S/C11H10O3/c1-6-7(2)11(13)14-9-5-3-4-8(12)10(6)9/h3-5,12H,1-2H3. The Morgan fingerprint density at radius 2 is 1.93 bits per heavy atom. The first-order valence-electron chi connectivity index (χ1n) is 4.33. The van der Waals surface area contributed by atoms with E-state index in [9.17, 15) is 9.90 Å². The fourth-order valence-corrected chi connectivity index (χ4v) is 1.50. The molecule has 14 heavy (non-hydrogen) atoms. The molecule has 0 saturated heterocycles. The number of benzene rings is 1. The first-order chi connectivity index (χ1) is 6.61. The maximum Gasteiger partial charge on any atom is 0.339 e. The Hall–Kier alpha value is -1.77. The van der Waals surface area contributed by atoms with Crippen molar-refractivity contribution in [1.82, 2.24) is 0 Å². The van der Waals surface area contributed by atoms with Crippen LogP contribution in [0.4, 0.5) is 0 Å². The Morgan fingerprint density at radius 3 is 2.64 bits per heavy atom. The predicted molar refractivity (Wildman–Crippen MR) is 53.6 cm³/mol. The molecular weight excluding hydrogens is 180 g/mol. The van der Waals surface area contributed by atoms with Crippen molar-refractivity contribution in [3.63, 3.8) is 0 Å². The maximum atomic E-state index is 11.3. The van der Waals surface area contributed by atoms with Crippen LogP contribution in [0.1, 0.15) is 11.1 Å². The minimum absolute atomic E-state index is 0.145. The summed E-state index contributed by atoms with van der Waals surface area (Å²) in [4.78, 5) is 11.3. The van der Waals surface area contributed by atoms with Gasteiger partial charge < -0.3 is 9.52 Å². The van der Waals surface area contributed by atoms with Crippen LogP contribution in [0.3, 0.4) is 0 Å². The van der Waals surface area contributed by atoms with E-state index in [1.165, 1.54) is 0 Å². The number of phenols is 1. The highest BCUT2D eigenvalue weighted by Crippen LogP contribution is 2.27. The van der Waals surface area contributed by atoms with E-state index in [-0.39, 0.29) is 11.4 Å². The molecule has 0 aliphatic rings. The van der Waals surface area contributed by atoms with Crippen LogP contribution in [-0.2, 0) is 0 Å². The van der Waals surface area contributed by atoms with Gasteiger partial charge in [-0.25, -0.2) is 4.79 Å². The van der Waals surface area contributed by atoms with Gasteiger partial charge in [0.25, 0.3) is 0 Å². The third-order valence-electron chi connectivity index (χ3n) is 2.45. The van der Waals surface area contributed by atoms with Crippen LogP contribution >= 0.6 is 0 Å². The molecule has 0 amide bonds. The molecule has 2 rings (SSSR count). The number of aromatic hydroxyl groups is 1. The predicted octanol–water partition coefficient (Wildman–Crippen LogP) is 2.12. The van der Waals surface area contributed by atoms with Gasteiger partial charge in [0.1, 0.15) is 11.3 Å². The first kappa shape index (κ1) is 8.81. The zero-order valence-corrected chi connectivity index (χ0v) is 8.00. The van der Waals surface area contributed by atoms with Gasteiger partial charge in [-0.2, -0.15) is 0 Å². The molecule has 1 N–H and O–H groups in total. The SMILES string of the molecule is Cc1c(C)c2c(O)cccc2oc1=O. The average molecular weight is 190 g/mol. The molecule has 1 aromatic heterocycles. The van der Waals surface area contributed by atoms with E-state index in [0.717, 1.165) is 5.56 Å². The van der Waals surface area contributed by atoms with Crippen LogP contribution in [0.5, 0.6) is 5.75 Å². The van der Waals surface area contributed by atoms with Gasteiger partial charge in [0.05, 0.1) is 5.39 Å². The van der Waals surface area contributed by atoms with Crippen molar-refractivity contribution in [2.75, 3.05) is 0 Å². The fraction of sp³-hybridized carbons (Fsp3) is 0.182. The van der Waals surface area contributed by atoms with E-state index in [2.05, 4.69) is 0 Å². The second-order valence-electron chi connectivity index (χ2n) is 3.29. The lowest BCUT2D eigenvalue weighted by molar-refractivity contribution is 0.478. The third-order valence-corrected chi connectivity index (χ3v) is 2.45. The summed E-state index contributed by atoms with van der Waals surface area (Å²) in [5.41, 5.74) is 1.40. The van der Waals surface area contributed by atoms with E-state index in [4.69, 9.17) is 4.42 Å². The van der Waals surface area contributed by atoms with E-state index in [0.29, 0.717) is 16.5 Å². The molecule has 0 saturated carbocycles. The Morgan fingerprint density at radius 1 is 1.21 bits per heavy atom. The van der Waals surface area contributed by atoms with Crippen molar-refractivity contribution < 1.29 is 9.52 Å². The Balaban J connectivity index is 3.07. The molecule has 0 bridgehead atoms. The van der Waals surface area contributed by atoms with E-state index < -0.39 is 0 Å². The van der Waals surface area contributed by atoms with Gasteiger partial charge in [-0.05, 0) is 31.5 Å². The van der Waals surface area contributed by atoms with Crippen molar-refractivity contribution in [3.05, 3.63) is 39.7 Å². The van der Waals surface area contributed by atoms with Crippen LogP contribution in [0, 0.1) is 13.8 Å². The summed E-state index contributed by atoms with van der Waals surface area (Å²) in [6, 6.07) is 4.90. The molecule has 0 aliphatic heterocycles. The number of hydrogen-bond acceptors (Lipinski definition) is 3. The number of fused-ring (bicyclic) bond motifs is 1. The van der Waals surface area contributed by atoms with Gasteiger partial charge in [-0.3, -0.25) is 0 Å². The molecule has 3 nitrogen and oxygen atoms in total. The minimum atomic E-state index is -0.347. The zero-order valence-electron chi connectivity index (χ0n) is 8.00. The summed E-state index contributed by atoms with van der Waals surface area (Å²) in [6.45, 7) is 3.49. The van der Waals surface area contributed by atoms with Crippen molar-refractivity contribution in [3.8, 4) is 5.75 Å². The van der Waals surface area contributed by atoms with Gasteiger partial charge >= 0.3 is 5.63 Å². The van der Waals surface area contributed by atoms with Crippen molar-refractivity contribution in [1.29, 1.82) is 0 Å². The van der Waals surface area contributed by atoms with Crippen molar-refractivity contribution >= 4 is 11.0 Å². The Kier molecular flexibility index (Phi) is 1.81. The molecule has 0 atom stereocenters. The van der Waals surface area contributed by atoms with Crippen LogP contribution in [0.25, 0.3) is 11.0 Å². The summed E-state index contributed by atoms with van der Waals surface area (Å²) in [7, 11) is 0. The second-order valence-corrected chi connectivity index (χ2v) is 3.29. The van der Waals surface area contributed by atoms with E-state index in [1.54, 1.807) is 32.0 Å². The molecule has 1 heterocycles. The molecule has 3 heteroatoms. The summed E-state index contributed by atoms with van der Waals surface area (Å²) in [6.07, 6.45) is 0. The van der Waals surface area contributed by atoms with Crippen LogP contribution in [0.15, 0.2) is 27.4 Å². The molecule has 0 radical (unpaired) electrons. The fourth-order valence-electron chi connectivity index (χ4n) is 1.50. The highest BCUT2D eigenvalue weighted by molar-refractivity contribution is 5.86. The summed E-state index contributed by atoms with van der Waals surface area (Å²) in [5, 5.41) is 10.2. The van der Waals surface area contributed by atoms with E-state index in [1.807, 2.05) is 0 Å². The second kappa shape index (κ2) is 2.87. The van der Waals surface area contributed by atoms with Gasteiger partial charge in [-0.15, -0.1) is 0 Å². The summed E-state index contributed by atoms with van der Waals surface area (Å²) >= 11 is 0. The molecular formula is C11H10O3. The van der Waals surface area contributed by atoms with Gasteiger partial charge in [0.2, 0.25) is 0 Å². The number of phenolic OH excluding ortho intramolecular Hbond substituents is 1. The molecule has 0 fully saturated rings. The largest absolute Gasteiger partial charge is 0.507 e. The minimum Gasteiger partial charge on any atom is -0.507 e. The number of aryl methyl sites for hydroxylation is 1. The monoisotopic (exact) mass is 190 g/mol. The normalized spacial score (nSPS) is 10.7. The molecule has 2 aromatic rings. The lowest BCUT2D eigenvalue weighted by Crippen LogP contribution is -2.05. The van der Waals surface area contributed by atoms with E-state index >= 15 is 0 Å². The first-order valence-corrected chi connectivity index (χ1v) is 4.33. The zero-order chi connectivity index (χ0) is 10.3. The molecule has 72 valence electrons. The average Bonchev–Trinajstić information content (AvgIpc) is 2.14. The quantitative estimate of drug-likeness (QED) is 0.647. The maximum absolute atomic E-state index is 11.3. The highest BCUT2D eigenvalue weighted by Gasteiger charge is 2.09. The lowest BCUT2D eigenvalue weighted by Gasteiger charge is -2.04. The summed E-state index contributed by atoms with van der Waals surface area (Å²) in [5.74, 6) is 0.145. The topological polar surface area (TPSA) is 50.4 Å². The summed E-state index contributed by atoms with van der Waals surface area (Å²) < 4.78 is 5.04. The Bertz CT molecular complexity index is 552. The lowest BCUT2D eigenvalue weighted by atomic mass is 10.1.